The van der Waals surface area contributed by atoms with Crippen molar-refractivity contribution in [2.75, 3.05) is 32.6 Å². The average Bonchev–Trinajstić information content (AvgIpc) is 3.51. The molecule has 0 unspecified atom stereocenters. The van der Waals surface area contributed by atoms with E-state index in [1.54, 1.807) is 40.1 Å². The van der Waals surface area contributed by atoms with Gasteiger partial charge >= 0.3 is 0 Å². The molecule has 10 heteroatoms. The summed E-state index contributed by atoms with van der Waals surface area (Å²) in [6, 6.07) is 9.64. The van der Waals surface area contributed by atoms with Crippen LogP contribution in [0.2, 0.25) is 0 Å². The summed E-state index contributed by atoms with van der Waals surface area (Å²) in [5.41, 5.74) is 1.71. The second-order valence-corrected chi connectivity index (χ2v) is 10.3. The van der Waals surface area contributed by atoms with Crippen molar-refractivity contribution in [1.82, 2.24) is 19.4 Å². The molecule has 0 aliphatic rings. The molecule has 3 aromatic heterocycles. The number of carbonyl (C=O) groups excluding carboxylic acids is 1. The molecule has 35 heavy (non-hydrogen) atoms. The molecule has 0 radical (unpaired) electrons. The first-order valence-electron chi connectivity index (χ1n) is 11.4. The highest BCUT2D eigenvalue weighted by Crippen LogP contribution is 2.30. The van der Waals surface area contributed by atoms with Gasteiger partial charge in [-0.1, -0.05) is 6.07 Å². The number of anilines is 1. The predicted molar refractivity (Wildman–Crippen MR) is 137 cm³/mol. The lowest BCUT2D eigenvalue weighted by Gasteiger charge is -2.20. The van der Waals surface area contributed by atoms with Crippen LogP contribution in [0.25, 0.3) is 21.7 Å². The van der Waals surface area contributed by atoms with Crippen molar-refractivity contribution >= 4 is 34.2 Å². The minimum absolute atomic E-state index is 0.274. The standard InChI is InChI=1S/C25H31N5O4S/c1-16-26-13-20(34-16)21-8-9-22(35-21)23(31)28-24-27-18-12-17(14-29(4)10-11-33-5)6-7-19(18)30(24)15-25(2,3)32/h6-9,12-13,32H,10-11,14-15H2,1-5H3,(H,27,28,31). The van der Waals surface area contributed by atoms with Gasteiger partial charge < -0.3 is 18.8 Å². The first-order chi connectivity index (χ1) is 16.6. The number of methoxy groups -OCH3 is 1. The molecule has 0 saturated carbocycles. The van der Waals surface area contributed by atoms with Gasteiger partial charge in [-0.2, -0.15) is 0 Å². The van der Waals surface area contributed by atoms with Crippen LogP contribution in [0.4, 0.5) is 5.95 Å². The van der Waals surface area contributed by atoms with Gasteiger partial charge in [0.2, 0.25) is 5.95 Å². The molecule has 0 bridgehead atoms. The van der Waals surface area contributed by atoms with E-state index in [9.17, 15) is 9.90 Å². The highest BCUT2D eigenvalue weighted by atomic mass is 32.1. The molecule has 0 spiro atoms. The van der Waals surface area contributed by atoms with Gasteiger partial charge in [-0.25, -0.2) is 9.97 Å². The number of aromatic nitrogens is 3. The van der Waals surface area contributed by atoms with E-state index in [-0.39, 0.29) is 12.5 Å². The number of hydrogen-bond acceptors (Lipinski definition) is 8. The molecular formula is C25H31N5O4S. The van der Waals surface area contributed by atoms with Crippen molar-refractivity contribution in [3.63, 3.8) is 0 Å². The zero-order valence-corrected chi connectivity index (χ0v) is 21.5. The molecule has 3 heterocycles. The topological polar surface area (TPSA) is 106 Å². The minimum Gasteiger partial charge on any atom is -0.440 e. The van der Waals surface area contributed by atoms with Crippen LogP contribution in [0.1, 0.15) is 35.0 Å². The Labute approximate surface area is 208 Å². The number of aliphatic hydroxyl groups is 1. The zero-order chi connectivity index (χ0) is 25.2. The van der Waals surface area contributed by atoms with Crippen molar-refractivity contribution in [3.05, 3.63) is 52.9 Å². The Morgan fingerprint density at radius 2 is 2.11 bits per heavy atom. The normalized spacial score (nSPS) is 12.1. The van der Waals surface area contributed by atoms with Gasteiger partial charge in [0.05, 0.1) is 45.7 Å². The number of fused-ring (bicyclic) bond motifs is 1. The lowest BCUT2D eigenvalue weighted by atomic mass is 10.1. The maximum Gasteiger partial charge on any atom is 0.268 e. The van der Waals surface area contributed by atoms with Crippen molar-refractivity contribution in [3.8, 4) is 10.6 Å². The van der Waals surface area contributed by atoms with Crippen LogP contribution in [0.15, 0.2) is 40.9 Å². The van der Waals surface area contributed by atoms with E-state index in [2.05, 4.69) is 15.2 Å². The zero-order valence-electron chi connectivity index (χ0n) is 20.7. The molecule has 9 nitrogen and oxygen atoms in total. The first kappa shape index (κ1) is 25.1. The van der Waals surface area contributed by atoms with Gasteiger partial charge in [0.15, 0.2) is 11.7 Å². The van der Waals surface area contributed by atoms with Crippen molar-refractivity contribution in [1.29, 1.82) is 0 Å². The van der Waals surface area contributed by atoms with E-state index in [1.807, 2.05) is 35.9 Å². The lowest BCUT2D eigenvalue weighted by molar-refractivity contribution is 0.0630. The Balaban J connectivity index is 1.60. The highest BCUT2D eigenvalue weighted by molar-refractivity contribution is 7.17. The fraction of sp³-hybridized carbons (Fsp3) is 0.400. The summed E-state index contributed by atoms with van der Waals surface area (Å²) in [5.74, 6) is 1.32. The second kappa shape index (κ2) is 10.3. The Kier molecular flexibility index (Phi) is 7.36. The Morgan fingerprint density at radius 1 is 1.31 bits per heavy atom. The minimum atomic E-state index is -0.994. The molecule has 4 rings (SSSR count). The number of hydrogen-bond donors (Lipinski definition) is 2. The Hall–Kier alpha value is -3.05. The van der Waals surface area contributed by atoms with Crippen molar-refractivity contribution < 1.29 is 19.1 Å². The smallest absolute Gasteiger partial charge is 0.268 e. The Bertz CT molecular complexity index is 1320. The second-order valence-electron chi connectivity index (χ2n) is 9.25. The highest BCUT2D eigenvalue weighted by Gasteiger charge is 2.22. The van der Waals surface area contributed by atoms with Crippen LogP contribution in [-0.4, -0.2) is 63.4 Å². The summed E-state index contributed by atoms with van der Waals surface area (Å²) in [6.07, 6.45) is 1.65. The average molecular weight is 498 g/mol. The monoisotopic (exact) mass is 497 g/mol. The van der Waals surface area contributed by atoms with Crippen LogP contribution in [0, 0.1) is 6.92 Å². The SMILES string of the molecule is COCCN(C)Cc1ccc2c(c1)nc(NC(=O)c1ccc(-c3cnc(C)o3)s1)n2CC(C)(C)O. The van der Waals surface area contributed by atoms with Gasteiger partial charge in [-0.15, -0.1) is 11.3 Å². The van der Waals surface area contributed by atoms with E-state index < -0.39 is 5.60 Å². The number of nitrogens with one attached hydrogen (secondary N) is 1. The fourth-order valence-electron chi connectivity index (χ4n) is 3.78. The Morgan fingerprint density at radius 3 is 2.80 bits per heavy atom. The van der Waals surface area contributed by atoms with Gasteiger partial charge in [0.25, 0.3) is 5.91 Å². The molecule has 1 aromatic carbocycles. The number of benzene rings is 1. The number of thiophene rings is 1. The van der Waals surface area contributed by atoms with E-state index in [1.165, 1.54) is 11.3 Å². The number of rotatable bonds is 10. The van der Waals surface area contributed by atoms with Crippen LogP contribution < -0.4 is 5.32 Å². The summed E-state index contributed by atoms with van der Waals surface area (Å²) in [5, 5.41) is 13.5. The summed E-state index contributed by atoms with van der Waals surface area (Å²) >= 11 is 1.32. The summed E-state index contributed by atoms with van der Waals surface area (Å²) < 4.78 is 12.6. The molecule has 2 N–H and O–H groups in total. The van der Waals surface area contributed by atoms with Crippen LogP contribution in [0.3, 0.4) is 0 Å². The summed E-state index contributed by atoms with van der Waals surface area (Å²) in [7, 11) is 3.73. The maximum atomic E-state index is 13.1. The first-order valence-corrected chi connectivity index (χ1v) is 12.2. The van der Waals surface area contributed by atoms with E-state index in [4.69, 9.17) is 14.1 Å². The molecular weight excluding hydrogens is 466 g/mol. The number of imidazole rings is 1. The van der Waals surface area contributed by atoms with E-state index in [0.717, 1.165) is 34.6 Å². The summed E-state index contributed by atoms with van der Waals surface area (Å²) in [4.78, 5) is 25.4. The van der Waals surface area contributed by atoms with E-state index in [0.29, 0.717) is 29.1 Å². The van der Waals surface area contributed by atoms with Crippen LogP contribution in [0.5, 0.6) is 0 Å². The largest absolute Gasteiger partial charge is 0.440 e. The predicted octanol–water partition coefficient (Wildman–Crippen LogP) is 4.16. The maximum absolute atomic E-state index is 13.1. The molecule has 4 aromatic rings. The number of ether oxygens (including phenoxy) is 1. The molecule has 0 aliphatic heterocycles. The number of oxazole rings is 1. The quantitative estimate of drug-likeness (QED) is 0.339. The van der Waals surface area contributed by atoms with Crippen molar-refractivity contribution in [2.45, 2.75) is 39.5 Å². The number of aryl methyl sites for hydroxylation is 1. The number of carbonyl (C=O) groups is 1. The molecule has 0 fully saturated rings. The number of amides is 1. The number of nitrogens with zero attached hydrogens (tertiary/aromatic N) is 4. The molecule has 186 valence electrons. The van der Waals surface area contributed by atoms with Crippen LogP contribution in [-0.2, 0) is 17.8 Å². The third-order valence-corrected chi connectivity index (χ3v) is 6.51. The van der Waals surface area contributed by atoms with Gasteiger partial charge in [0, 0.05) is 27.1 Å². The van der Waals surface area contributed by atoms with Gasteiger partial charge in [-0.05, 0) is 50.7 Å². The molecule has 0 saturated heterocycles. The lowest BCUT2D eigenvalue weighted by Crippen LogP contribution is -2.27. The van der Waals surface area contributed by atoms with Crippen LogP contribution >= 0.6 is 11.3 Å². The summed E-state index contributed by atoms with van der Waals surface area (Å²) in [6.45, 7) is 7.75. The van der Waals surface area contributed by atoms with Crippen molar-refractivity contribution in [2.24, 2.45) is 0 Å². The van der Waals surface area contributed by atoms with E-state index >= 15 is 0 Å². The third kappa shape index (κ3) is 6.15. The third-order valence-electron chi connectivity index (χ3n) is 5.41. The molecule has 1 amide bonds. The van der Waals surface area contributed by atoms with Gasteiger partial charge in [0.1, 0.15) is 0 Å². The molecule has 0 atom stereocenters. The number of likely N-dealkylation sites (N-methyl/N-ethyl adjacent to an activating group) is 1. The fourth-order valence-corrected chi connectivity index (χ4v) is 4.63. The van der Waals surface area contributed by atoms with Gasteiger partial charge in [-0.3, -0.25) is 15.0 Å². The molecule has 0 aliphatic carbocycles.